The number of sulfone groups is 1. The second-order valence-electron chi connectivity index (χ2n) is 4.23. The zero-order valence-corrected chi connectivity index (χ0v) is 10.5. The Morgan fingerprint density at radius 1 is 1.37 bits per heavy atom. The van der Waals surface area contributed by atoms with E-state index in [4.69, 9.17) is 9.63 Å². The number of benzene rings is 1. The maximum absolute atomic E-state index is 11.8. The van der Waals surface area contributed by atoms with Crippen molar-refractivity contribution in [3.8, 4) is 11.3 Å². The molecule has 0 amide bonds. The summed E-state index contributed by atoms with van der Waals surface area (Å²) in [6.07, 6.45) is 0.406. The third kappa shape index (κ3) is 1.82. The van der Waals surface area contributed by atoms with Gasteiger partial charge in [0.2, 0.25) is 5.76 Å². The van der Waals surface area contributed by atoms with Gasteiger partial charge >= 0.3 is 5.97 Å². The van der Waals surface area contributed by atoms with Gasteiger partial charge in [-0.1, -0.05) is 17.3 Å². The van der Waals surface area contributed by atoms with Crippen LogP contribution in [0.15, 0.2) is 33.7 Å². The van der Waals surface area contributed by atoms with E-state index < -0.39 is 15.8 Å². The quantitative estimate of drug-likeness (QED) is 0.891. The molecular weight excluding hydrogens is 270 g/mol. The van der Waals surface area contributed by atoms with E-state index in [0.717, 1.165) is 0 Å². The van der Waals surface area contributed by atoms with Crippen molar-refractivity contribution in [2.45, 2.75) is 11.3 Å². The summed E-state index contributed by atoms with van der Waals surface area (Å²) < 4.78 is 28.3. The van der Waals surface area contributed by atoms with E-state index in [9.17, 15) is 13.2 Å². The lowest BCUT2D eigenvalue weighted by atomic mass is 10.0. The molecule has 0 fully saturated rings. The summed E-state index contributed by atoms with van der Waals surface area (Å²) in [5.74, 6) is -1.41. The molecule has 0 saturated carbocycles. The van der Waals surface area contributed by atoms with Gasteiger partial charge in [-0.3, -0.25) is 0 Å². The number of hydrogen-bond donors (Lipinski definition) is 1. The van der Waals surface area contributed by atoms with Crippen LogP contribution in [0.25, 0.3) is 11.3 Å². The lowest BCUT2D eigenvalue weighted by Crippen LogP contribution is -1.98. The van der Waals surface area contributed by atoms with E-state index in [1.807, 2.05) is 0 Å². The third-order valence-electron chi connectivity index (χ3n) is 3.09. The molecule has 0 unspecified atom stereocenters. The maximum atomic E-state index is 11.8. The van der Waals surface area contributed by atoms with Gasteiger partial charge in [0.15, 0.2) is 9.84 Å². The van der Waals surface area contributed by atoms with Crippen LogP contribution in [0, 0.1) is 0 Å². The number of aromatic carboxylic acids is 1. The van der Waals surface area contributed by atoms with Crippen molar-refractivity contribution in [2.24, 2.45) is 0 Å². The second kappa shape index (κ2) is 3.92. The molecule has 6 nitrogen and oxygen atoms in total. The normalized spacial score (nSPS) is 16.2. The summed E-state index contributed by atoms with van der Waals surface area (Å²) in [6.45, 7) is 0. The average molecular weight is 279 g/mol. The van der Waals surface area contributed by atoms with Crippen LogP contribution in [0.3, 0.4) is 0 Å². The van der Waals surface area contributed by atoms with Crippen LogP contribution in [0.1, 0.15) is 16.1 Å². The van der Waals surface area contributed by atoms with E-state index in [0.29, 0.717) is 28.1 Å². The summed E-state index contributed by atoms with van der Waals surface area (Å²) in [7, 11) is -3.22. The molecule has 0 aliphatic carbocycles. The molecule has 7 heteroatoms. The lowest BCUT2D eigenvalue weighted by Gasteiger charge is -2.03. The Morgan fingerprint density at radius 3 is 2.84 bits per heavy atom. The Labute approximate surface area is 108 Å². The molecule has 1 aliphatic rings. The summed E-state index contributed by atoms with van der Waals surface area (Å²) in [4.78, 5) is 11.0. The van der Waals surface area contributed by atoms with E-state index in [-0.39, 0.29) is 11.5 Å². The molecule has 2 heterocycles. The molecule has 3 rings (SSSR count). The highest BCUT2D eigenvalue weighted by atomic mass is 32.2. The van der Waals surface area contributed by atoms with Crippen LogP contribution in [-0.4, -0.2) is 30.4 Å². The molecule has 1 aromatic carbocycles. The zero-order chi connectivity index (χ0) is 13.6. The van der Waals surface area contributed by atoms with Crippen molar-refractivity contribution in [3.05, 3.63) is 35.6 Å². The number of hydrogen-bond acceptors (Lipinski definition) is 5. The molecule has 1 N–H and O–H groups in total. The van der Waals surface area contributed by atoms with Crippen LogP contribution in [-0.2, 0) is 16.3 Å². The first-order valence-electron chi connectivity index (χ1n) is 5.54. The standard InChI is InChI=1S/C12H9NO5S/c14-12(15)10-6-9(13-18-10)7-2-1-3-11-8(7)4-5-19(11,16)17/h1-3,6H,4-5H2,(H,14,15). The molecule has 1 aliphatic heterocycles. The van der Waals surface area contributed by atoms with Crippen molar-refractivity contribution >= 4 is 15.8 Å². The summed E-state index contributed by atoms with van der Waals surface area (Å²) in [5.41, 5.74) is 1.62. The molecule has 98 valence electrons. The second-order valence-corrected chi connectivity index (χ2v) is 6.31. The number of aromatic nitrogens is 1. The monoisotopic (exact) mass is 279 g/mol. The van der Waals surface area contributed by atoms with Gasteiger partial charge in [0.25, 0.3) is 0 Å². The molecule has 0 spiro atoms. The molecular formula is C12H9NO5S. The number of nitrogens with zero attached hydrogens (tertiary/aromatic N) is 1. The van der Waals surface area contributed by atoms with Gasteiger partial charge in [0, 0.05) is 11.6 Å². The number of carboxylic acids is 1. The SMILES string of the molecule is O=C(O)c1cc(-c2cccc3c2CCS3(=O)=O)no1. The first-order valence-corrected chi connectivity index (χ1v) is 7.19. The fourth-order valence-electron chi connectivity index (χ4n) is 2.20. The van der Waals surface area contributed by atoms with Crippen molar-refractivity contribution in [2.75, 3.05) is 5.75 Å². The lowest BCUT2D eigenvalue weighted by molar-refractivity contribution is 0.0652. The Morgan fingerprint density at radius 2 is 2.16 bits per heavy atom. The molecule has 2 aromatic rings. The van der Waals surface area contributed by atoms with Crippen molar-refractivity contribution in [1.29, 1.82) is 0 Å². The minimum atomic E-state index is -3.22. The third-order valence-corrected chi connectivity index (χ3v) is 4.88. The Balaban J connectivity index is 2.17. The van der Waals surface area contributed by atoms with E-state index in [2.05, 4.69) is 5.16 Å². The highest BCUT2D eigenvalue weighted by Crippen LogP contribution is 2.34. The molecule has 19 heavy (non-hydrogen) atoms. The predicted molar refractivity (Wildman–Crippen MR) is 64.7 cm³/mol. The molecule has 0 bridgehead atoms. The van der Waals surface area contributed by atoms with E-state index in [1.165, 1.54) is 6.07 Å². The number of rotatable bonds is 2. The van der Waals surface area contributed by atoms with Gasteiger partial charge in [-0.05, 0) is 18.1 Å². The Bertz CT molecular complexity index is 775. The minimum Gasteiger partial charge on any atom is -0.475 e. The van der Waals surface area contributed by atoms with E-state index in [1.54, 1.807) is 18.2 Å². The summed E-state index contributed by atoms with van der Waals surface area (Å²) in [6, 6.07) is 6.18. The average Bonchev–Trinajstić information content (AvgIpc) is 2.95. The molecule has 0 saturated heterocycles. The van der Waals surface area contributed by atoms with Crippen LogP contribution in [0.2, 0.25) is 0 Å². The fraction of sp³-hybridized carbons (Fsp3) is 0.167. The van der Waals surface area contributed by atoms with Gasteiger partial charge in [0.05, 0.1) is 10.6 Å². The number of fused-ring (bicyclic) bond motifs is 1. The highest BCUT2D eigenvalue weighted by molar-refractivity contribution is 7.91. The van der Waals surface area contributed by atoms with Gasteiger partial charge in [-0.2, -0.15) is 0 Å². The zero-order valence-electron chi connectivity index (χ0n) is 9.66. The van der Waals surface area contributed by atoms with Gasteiger partial charge in [-0.15, -0.1) is 0 Å². The molecule has 0 atom stereocenters. The fourth-order valence-corrected chi connectivity index (χ4v) is 3.77. The predicted octanol–water partition coefficient (Wildman–Crippen LogP) is 1.37. The van der Waals surface area contributed by atoms with Crippen molar-refractivity contribution < 1.29 is 22.8 Å². The number of carbonyl (C=O) groups is 1. The van der Waals surface area contributed by atoms with E-state index >= 15 is 0 Å². The van der Waals surface area contributed by atoms with Crippen LogP contribution < -0.4 is 0 Å². The van der Waals surface area contributed by atoms with Gasteiger partial charge < -0.3 is 9.63 Å². The van der Waals surface area contributed by atoms with Crippen LogP contribution >= 0.6 is 0 Å². The first-order chi connectivity index (χ1) is 8.99. The molecule has 0 radical (unpaired) electrons. The Hall–Kier alpha value is -2.15. The maximum Gasteiger partial charge on any atom is 0.374 e. The van der Waals surface area contributed by atoms with Crippen molar-refractivity contribution in [3.63, 3.8) is 0 Å². The minimum absolute atomic E-state index is 0.0724. The summed E-state index contributed by atoms with van der Waals surface area (Å²) in [5, 5.41) is 12.5. The van der Waals surface area contributed by atoms with Gasteiger partial charge in [0.1, 0.15) is 5.69 Å². The topological polar surface area (TPSA) is 97.5 Å². The smallest absolute Gasteiger partial charge is 0.374 e. The highest BCUT2D eigenvalue weighted by Gasteiger charge is 2.29. The number of carboxylic acid groups (broad SMARTS) is 1. The van der Waals surface area contributed by atoms with Gasteiger partial charge in [-0.25, -0.2) is 13.2 Å². The first kappa shape index (κ1) is 11.9. The Kier molecular flexibility index (Phi) is 2.46. The largest absolute Gasteiger partial charge is 0.475 e. The van der Waals surface area contributed by atoms with Crippen molar-refractivity contribution in [1.82, 2.24) is 5.16 Å². The summed E-state index contributed by atoms with van der Waals surface area (Å²) >= 11 is 0. The molecule has 1 aromatic heterocycles. The van der Waals surface area contributed by atoms with Crippen LogP contribution in [0.5, 0.6) is 0 Å². The van der Waals surface area contributed by atoms with Crippen LogP contribution in [0.4, 0.5) is 0 Å².